The van der Waals surface area contributed by atoms with E-state index in [1.165, 1.54) is 31.3 Å². The molecule has 1 heterocycles. The van der Waals surface area contributed by atoms with Crippen molar-refractivity contribution in [3.63, 3.8) is 0 Å². The fourth-order valence-electron chi connectivity index (χ4n) is 1.94. The Balaban J connectivity index is 2.03. The van der Waals surface area contributed by atoms with E-state index in [-0.39, 0.29) is 5.97 Å². The predicted octanol–water partition coefficient (Wildman–Crippen LogP) is 2.45. The molecule has 2 rings (SSSR count). The minimum absolute atomic E-state index is 0.301. The summed E-state index contributed by atoms with van der Waals surface area (Å²) in [5, 5.41) is 4.18. The van der Waals surface area contributed by atoms with Gasteiger partial charge in [-0.25, -0.2) is 9.78 Å². The van der Waals surface area contributed by atoms with Crippen LogP contribution in [0.3, 0.4) is 0 Å². The fourth-order valence-corrected chi connectivity index (χ4v) is 2.90. The van der Waals surface area contributed by atoms with Crippen molar-refractivity contribution in [1.82, 2.24) is 4.98 Å². The highest BCUT2D eigenvalue weighted by atomic mass is 32.1. The number of esters is 1. The van der Waals surface area contributed by atoms with Crippen LogP contribution in [-0.4, -0.2) is 24.1 Å². The molecule has 0 amide bonds. The summed E-state index contributed by atoms with van der Waals surface area (Å²) in [5.74, 6) is 0.503. The van der Waals surface area contributed by atoms with Crippen molar-refractivity contribution in [3.8, 4) is 0 Å². The van der Waals surface area contributed by atoms with Crippen LogP contribution in [0.5, 0.6) is 0 Å². The molecule has 0 spiro atoms. The van der Waals surface area contributed by atoms with Crippen molar-refractivity contribution < 1.29 is 9.53 Å². The first-order valence-electron chi connectivity index (χ1n) is 5.42. The molecule has 0 unspecified atom stereocenters. The molecule has 1 N–H and O–H groups in total. The van der Waals surface area contributed by atoms with Crippen LogP contribution in [0.15, 0.2) is 0 Å². The Morgan fingerprint density at radius 2 is 2.25 bits per heavy atom. The highest BCUT2D eigenvalue weighted by molar-refractivity contribution is 7.17. The lowest BCUT2D eigenvalue weighted by molar-refractivity contribution is 0.0605. The van der Waals surface area contributed by atoms with Gasteiger partial charge in [0.1, 0.15) is 4.88 Å². The monoisotopic (exact) mass is 240 g/mol. The van der Waals surface area contributed by atoms with Crippen LogP contribution in [0.1, 0.15) is 35.1 Å². The van der Waals surface area contributed by atoms with Gasteiger partial charge >= 0.3 is 5.97 Å². The second-order valence-corrected chi connectivity index (χ2v) is 5.34. The Morgan fingerprint density at radius 1 is 1.56 bits per heavy atom. The Labute approximate surface area is 99.0 Å². The van der Waals surface area contributed by atoms with Gasteiger partial charge in [0.05, 0.1) is 12.8 Å². The van der Waals surface area contributed by atoms with Crippen LogP contribution in [0.4, 0.5) is 5.13 Å². The largest absolute Gasteiger partial charge is 0.465 e. The van der Waals surface area contributed by atoms with Crippen molar-refractivity contribution in [2.75, 3.05) is 12.4 Å². The molecule has 5 heteroatoms. The average Bonchev–Trinajstić information content (AvgIpc) is 2.56. The molecule has 0 aromatic carbocycles. The number of hydrogen-bond donors (Lipinski definition) is 1. The molecule has 1 aromatic rings. The number of carbonyl (C=O) groups is 1. The van der Waals surface area contributed by atoms with Gasteiger partial charge in [-0.05, 0) is 25.7 Å². The third-order valence-corrected chi connectivity index (χ3v) is 3.94. The summed E-state index contributed by atoms with van der Waals surface area (Å²) >= 11 is 1.37. The first kappa shape index (κ1) is 11.4. The molecule has 0 bridgehead atoms. The summed E-state index contributed by atoms with van der Waals surface area (Å²) in [6.07, 6.45) is 2.37. The summed E-state index contributed by atoms with van der Waals surface area (Å²) < 4.78 is 4.70. The Morgan fingerprint density at radius 3 is 2.81 bits per heavy atom. The first-order chi connectivity index (χ1) is 7.60. The highest BCUT2D eigenvalue weighted by Crippen LogP contribution is 2.31. The van der Waals surface area contributed by atoms with Gasteiger partial charge in [-0.1, -0.05) is 18.3 Å². The molecule has 1 aliphatic rings. The van der Waals surface area contributed by atoms with Crippen molar-refractivity contribution in [2.45, 2.75) is 32.7 Å². The lowest BCUT2D eigenvalue weighted by Crippen LogP contribution is -2.33. The van der Waals surface area contributed by atoms with Crippen molar-refractivity contribution in [3.05, 3.63) is 10.6 Å². The van der Waals surface area contributed by atoms with E-state index >= 15 is 0 Å². The quantitative estimate of drug-likeness (QED) is 0.824. The van der Waals surface area contributed by atoms with Crippen LogP contribution in [-0.2, 0) is 4.74 Å². The number of aryl methyl sites for hydroxylation is 1. The normalized spacial score (nSPS) is 23.7. The van der Waals surface area contributed by atoms with E-state index in [2.05, 4.69) is 17.2 Å². The van der Waals surface area contributed by atoms with Gasteiger partial charge in [-0.15, -0.1) is 0 Å². The van der Waals surface area contributed by atoms with E-state index in [0.29, 0.717) is 10.9 Å². The molecule has 0 radical (unpaired) electrons. The van der Waals surface area contributed by atoms with Crippen LogP contribution in [0, 0.1) is 12.8 Å². The second-order valence-electron chi connectivity index (χ2n) is 4.34. The number of rotatable bonds is 3. The third-order valence-electron chi connectivity index (χ3n) is 2.87. The topological polar surface area (TPSA) is 51.2 Å². The summed E-state index contributed by atoms with van der Waals surface area (Å²) in [7, 11) is 1.39. The Bertz CT molecular complexity index is 397. The minimum Gasteiger partial charge on any atom is -0.465 e. The van der Waals surface area contributed by atoms with E-state index in [1.54, 1.807) is 0 Å². The maximum Gasteiger partial charge on any atom is 0.350 e. The van der Waals surface area contributed by atoms with Gasteiger partial charge in [0, 0.05) is 6.04 Å². The number of ether oxygens (including phenoxy) is 1. The van der Waals surface area contributed by atoms with Crippen LogP contribution < -0.4 is 5.32 Å². The van der Waals surface area contributed by atoms with Gasteiger partial charge in [0.15, 0.2) is 5.13 Å². The van der Waals surface area contributed by atoms with E-state index in [4.69, 9.17) is 4.74 Å². The zero-order valence-corrected chi connectivity index (χ0v) is 10.6. The fraction of sp³-hybridized carbons (Fsp3) is 0.636. The van der Waals surface area contributed by atoms with E-state index in [1.807, 2.05) is 6.92 Å². The maximum atomic E-state index is 11.4. The molecule has 1 aromatic heterocycles. The smallest absolute Gasteiger partial charge is 0.350 e. The molecule has 1 aliphatic carbocycles. The van der Waals surface area contributed by atoms with Gasteiger partial charge in [-0.3, -0.25) is 0 Å². The minimum atomic E-state index is -0.301. The highest BCUT2D eigenvalue weighted by Gasteiger charge is 2.26. The number of methoxy groups -OCH3 is 1. The van der Waals surface area contributed by atoms with E-state index < -0.39 is 0 Å². The van der Waals surface area contributed by atoms with E-state index in [9.17, 15) is 4.79 Å². The summed E-state index contributed by atoms with van der Waals surface area (Å²) in [6, 6.07) is 0.519. The predicted molar refractivity (Wildman–Crippen MR) is 64.0 cm³/mol. The molecule has 1 saturated carbocycles. The zero-order chi connectivity index (χ0) is 11.7. The van der Waals surface area contributed by atoms with Gasteiger partial charge < -0.3 is 10.1 Å². The van der Waals surface area contributed by atoms with Crippen LogP contribution in [0.2, 0.25) is 0 Å². The molecule has 0 aliphatic heterocycles. The van der Waals surface area contributed by atoms with Crippen molar-refractivity contribution in [2.24, 2.45) is 5.92 Å². The number of thiazole rings is 1. The molecule has 88 valence electrons. The van der Waals surface area contributed by atoms with E-state index in [0.717, 1.165) is 16.7 Å². The number of aromatic nitrogens is 1. The number of carbonyl (C=O) groups excluding carboxylic acids is 1. The average molecular weight is 240 g/mol. The first-order valence-corrected chi connectivity index (χ1v) is 6.24. The lowest BCUT2D eigenvalue weighted by atomic mass is 9.82. The number of anilines is 1. The molecule has 0 atom stereocenters. The molecule has 16 heavy (non-hydrogen) atoms. The van der Waals surface area contributed by atoms with Crippen molar-refractivity contribution >= 4 is 22.4 Å². The molecule has 1 fully saturated rings. The maximum absolute atomic E-state index is 11.4. The van der Waals surface area contributed by atoms with Gasteiger partial charge in [-0.2, -0.15) is 0 Å². The number of hydrogen-bond acceptors (Lipinski definition) is 5. The van der Waals surface area contributed by atoms with Crippen molar-refractivity contribution in [1.29, 1.82) is 0 Å². The van der Waals surface area contributed by atoms with Gasteiger partial charge in [0.25, 0.3) is 0 Å². The SMILES string of the molecule is COC(=O)c1sc(NC2CC(C)C2)nc1C. The molecule has 0 saturated heterocycles. The zero-order valence-electron chi connectivity index (χ0n) is 9.74. The summed E-state index contributed by atoms with van der Waals surface area (Å²) in [5.41, 5.74) is 0.742. The van der Waals surface area contributed by atoms with Crippen LogP contribution in [0.25, 0.3) is 0 Å². The van der Waals surface area contributed by atoms with Crippen LogP contribution >= 0.6 is 11.3 Å². The third kappa shape index (κ3) is 2.19. The summed E-state index contributed by atoms with van der Waals surface area (Å²) in [6.45, 7) is 4.07. The second kappa shape index (κ2) is 4.41. The molecular formula is C11H16N2O2S. The Hall–Kier alpha value is -1.10. The Kier molecular flexibility index (Phi) is 3.14. The molecular weight excluding hydrogens is 224 g/mol. The number of nitrogens with zero attached hydrogens (tertiary/aromatic N) is 1. The lowest BCUT2D eigenvalue weighted by Gasteiger charge is -2.33. The molecule has 4 nitrogen and oxygen atoms in total. The summed E-state index contributed by atoms with van der Waals surface area (Å²) in [4.78, 5) is 16.3. The van der Waals surface area contributed by atoms with Gasteiger partial charge in [0.2, 0.25) is 0 Å². The number of nitrogens with one attached hydrogen (secondary N) is 1. The standard InChI is InChI=1S/C11H16N2O2S/c1-6-4-8(5-6)13-11-12-7(2)9(16-11)10(14)15-3/h6,8H,4-5H2,1-3H3,(H,12,13).